The second kappa shape index (κ2) is 11.5. The van der Waals surface area contributed by atoms with Gasteiger partial charge in [-0.1, -0.05) is 25.0 Å². The predicted octanol–water partition coefficient (Wildman–Crippen LogP) is 2.67. The lowest BCUT2D eigenvalue weighted by atomic mass is 10.1. The van der Waals surface area contributed by atoms with Crippen LogP contribution >= 0.6 is 0 Å². The number of allylic oxidation sites excluding steroid dienone is 4. The van der Waals surface area contributed by atoms with Gasteiger partial charge >= 0.3 is 0 Å². The van der Waals surface area contributed by atoms with E-state index in [4.69, 9.17) is 5.21 Å². The first-order chi connectivity index (χ1) is 11.5. The van der Waals surface area contributed by atoms with Crippen molar-refractivity contribution in [1.82, 2.24) is 16.1 Å². The summed E-state index contributed by atoms with van der Waals surface area (Å²) in [6, 6.07) is 0.375. The van der Waals surface area contributed by atoms with E-state index < -0.39 is 0 Å². The summed E-state index contributed by atoms with van der Waals surface area (Å²) in [5, 5.41) is 14.7. The molecule has 0 unspecified atom stereocenters. The molecule has 0 aromatic carbocycles. The van der Waals surface area contributed by atoms with Crippen molar-refractivity contribution in [2.75, 3.05) is 0 Å². The second-order valence-electron chi connectivity index (χ2n) is 6.21. The SMILES string of the molecule is CC(C)NC1=CCC(NC(=O)CCCCCCC(=O)NO)=CC=C1. The topological polar surface area (TPSA) is 90.5 Å². The van der Waals surface area contributed by atoms with Gasteiger partial charge in [-0.25, -0.2) is 5.48 Å². The Morgan fingerprint density at radius 1 is 1.12 bits per heavy atom. The molecule has 1 aliphatic rings. The molecule has 24 heavy (non-hydrogen) atoms. The van der Waals surface area contributed by atoms with Gasteiger partial charge < -0.3 is 10.6 Å². The summed E-state index contributed by atoms with van der Waals surface area (Å²) in [5.41, 5.74) is 3.58. The highest BCUT2D eigenvalue weighted by molar-refractivity contribution is 5.77. The third kappa shape index (κ3) is 9.15. The maximum absolute atomic E-state index is 12.0. The molecule has 0 fully saturated rings. The van der Waals surface area contributed by atoms with Gasteiger partial charge in [0.1, 0.15) is 0 Å². The van der Waals surface area contributed by atoms with Crippen molar-refractivity contribution in [3.05, 3.63) is 35.7 Å². The molecule has 4 N–H and O–H groups in total. The first-order valence-electron chi connectivity index (χ1n) is 8.58. The third-order valence-corrected chi connectivity index (χ3v) is 3.55. The highest BCUT2D eigenvalue weighted by atomic mass is 16.5. The van der Waals surface area contributed by atoms with Crippen LogP contribution < -0.4 is 16.1 Å². The zero-order valence-electron chi connectivity index (χ0n) is 14.6. The number of carbonyl (C=O) groups is 2. The first-order valence-corrected chi connectivity index (χ1v) is 8.58. The van der Waals surface area contributed by atoms with Gasteiger partial charge in [0.05, 0.1) is 0 Å². The van der Waals surface area contributed by atoms with Crippen molar-refractivity contribution in [2.45, 2.75) is 64.8 Å². The lowest BCUT2D eigenvalue weighted by molar-refractivity contribution is -0.129. The maximum Gasteiger partial charge on any atom is 0.243 e. The lowest BCUT2D eigenvalue weighted by Crippen LogP contribution is -2.22. The fourth-order valence-corrected chi connectivity index (χ4v) is 2.38. The van der Waals surface area contributed by atoms with Gasteiger partial charge in [-0.2, -0.15) is 0 Å². The highest BCUT2D eigenvalue weighted by Crippen LogP contribution is 2.10. The Kier molecular flexibility index (Phi) is 9.53. The smallest absolute Gasteiger partial charge is 0.243 e. The minimum Gasteiger partial charge on any atom is -0.383 e. The summed E-state index contributed by atoms with van der Waals surface area (Å²) in [6.45, 7) is 4.18. The van der Waals surface area contributed by atoms with Crippen molar-refractivity contribution in [2.24, 2.45) is 0 Å². The van der Waals surface area contributed by atoms with E-state index in [-0.39, 0.29) is 11.8 Å². The van der Waals surface area contributed by atoms with Crippen LogP contribution in [-0.2, 0) is 9.59 Å². The quantitative estimate of drug-likeness (QED) is 0.281. The van der Waals surface area contributed by atoms with E-state index >= 15 is 0 Å². The van der Waals surface area contributed by atoms with E-state index in [1.54, 1.807) is 5.48 Å². The largest absolute Gasteiger partial charge is 0.383 e. The zero-order chi connectivity index (χ0) is 17.8. The van der Waals surface area contributed by atoms with E-state index in [9.17, 15) is 9.59 Å². The molecular weight excluding hydrogens is 306 g/mol. The van der Waals surface area contributed by atoms with Gasteiger partial charge in [-0.3, -0.25) is 14.8 Å². The summed E-state index contributed by atoms with van der Waals surface area (Å²) < 4.78 is 0. The van der Waals surface area contributed by atoms with Gasteiger partial charge in [-0.15, -0.1) is 0 Å². The molecule has 0 aromatic heterocycles. The number of hydrogen-bond donors (Lipinski definition) is 4. The average Bonchev–Trinajstić information content (AvgIpc) is 2.75. The Balaban J connectivity index is 2.19. The Hall–Kier alpha value is -2.08. The number of hydrogen-bond acceptors (Lipinski definition) is 4. The predicted molar refractivity (Wildman–Crippen MR) is 94.0 cm³/mol. The molecule has 2 amide bonds. The Labute approximate surface area is 144 Å². The second-order valence-corrected chi connectivity index (χ2v) is 6.21. The zero-order valence-corrected chi connectivity index (χ0v) is 14.6. The molecule has 1 aliphatic carbocycles. The molecule has 6 nitrogen and oxygen atoms in total. The average molecular weight is 335 g/mol. The number of carbonyl (C=O) groups excluding carboxylic acids is 2. The molecule has 0 bridgehead atoms. The van der Waals surface area contributed by atoms with Crippen LogP contribution in [0.15, 0.2) is 35.7 Å². The molecule has 0 spiro atoms. The van der Waals surface area contributed by atoms with Crippen LogP contribution in [0.5, 0.6) is 0 Å². The van der Waals surface area contributed by atoms with Crippen LogP contribution in [0.4, 0.5) is 0 Å². The highest BCUT2D eigenvalue weighted by Gasteiger charge is 2.06. The lowest BCUT2D eigenvalue weighted by Gasteiger charge is -2.10. The Morgan fingerprint density at radius 3 is 2.42 bits per heavy atom. The fraction of sp³-hybridized carbons (Fsp3) is 0.556. The minimum absolute atomic E-state index is 0.0245. The number of unbranched alkanes of at least 4 members (excludes halogenated alkanes) is 3. The standard InChI is InChI=1S/C18H29N3O3/c1-14(2)19-15-8-7-9-16(13-12-15)20-17(22)10-5-3-4-6-11-18(23)21-24/h7-9,12,14,19,24H,3-6,10-11,13H2,1-2H3,(H,20,22)(H,21,23). The van der Waals surface area contributed by atoms with Gasteiger partial charge in [0.15, 0.2) is 0 Å². The van der Waals surface area contributed by atoms with E-state index in [0.717, 1.165) is 37.1 Å². The fourth-order valence-electron chi connectivity index (χ4n) is 2.38. The number of amides is 2. The van der Waals surface area contributed by atoms with Gasteiger partial charge in [0, 0.05) is 36.7 Å². The van der Waals surface area contributed by atoms with Crippen LogP contribution in [0.2, 0.25) is 0 Å². The summed E-state index contributed by atoms with van der Waals surface area (Å²) in [5.74, 6) is -0.336. The van der Waals surface area contributed by atoms with Gasteiger partial charge in [0.2, 0.25) is 11.8 Å². The summed E-state index contributed by atoms with van der Waals surface area (Å²) in [6.07, 6.45) is 12.7. The number of hydroxylamine groups is 1. The summed E-state index contributed by atoms with van der Waals surface area (Å²) >= 11 is 0. The molecule has 0 aromatic rings. The first kappa shape index (κ1) is 20.0. The molecule has 0 saturated heterocycles. The number of rotatable bonds is 10. The molecule has 0 radical (unpaired) electrons. The Morgan fingerprint density at radius 2 is 1.79 bits per heavy atom. The third-order valence-electron chi connectivity index (χ3n) is 3.55. The number of nitrogens with one attached hydrogen (secondary N) is 3. The molecule has 0 atom stereocenters. The van der Waals surface area contributed by atoms with Crippen molar-refractivity contribution in [3.63, 3.8) is 0 Å². The van der Waals surface area contributed by atoms with E-state index in [2.05, 4.69) is 30.6 Å². The van der Waals surface area contributed by atoms with Crippen LogP contribution in [0.25, 0.3) is 0 Å². The van der Waals surface area contributed by atoms with Crippen LogP contribution in [0, 0.1) is 0 Å². The summed E-state index contributed by atoms with van der Waals surface area (Å²) in [7, 11) is 0. The molecule has 6 heteroatoms. The van der Waals surface area contributed by atoms with E-state index in [1.165, 1.54) is 0 Å². The van der Waals surface area contributed by atoms with E-state index in [0.29, 0.717) is 25.3 Å². The van der Waals surface area contributed by atoms with Crippen molar-refractivity contribution in [3.8, 4) is 0 Å². The molecule has 0 saturated carbocycles. The summed E-state index contributed by atoms with van der Waals surface area (Å²) in [4.78, 5) is 22.8. The molecule has 0 aliphatic heterocycles. The molecule has 0 heterocycles. The van der Waals surface area contributed by atoms with Crippen molar-refractivity contribution in [1.29, 1.82) is 0 Å². The van der Waals surface area contributed by atoms with Crippen LogP contribution in [0.3, 0.4) is 0 Å². The van der Waals surface area contributed by atoms with E-state index in [1.807, 2.05) is 18.2 Å². The minimum atomic E-state index is -0.361. The van der Waals surface area contributed by atoms with Gasteiger partial charge in [-0.05, 0) is 38.8 Å². The molecular formula is C18H29N3O3. The molecule has 134 valence electrons. The molecule has 1 rings (SSSR count). The van der Waals surface area contributed by atoms with Crippen LogP contribution in [0.1, 0.15) is 58.8 Å². The Bertz CT molecular complexity index is 508. The van der Waals surface area contributed by atoms with Crippen molar-refractivity contribution < 1.29 is 14.8 Å². The normalized spacial score (nSPS) is 13.8. The van der Waals surface area contributed by atoms with Crippen LogP contribution in [-0.4, -0.2) is 23.1 Å². The van der Waals surface area contributed by atoms with Crippen molar-refractivity contribution >= 4 is 11.8 Å². The van der Waals surface area contributed by atoms with Gasteiger partial charge in [0.25, 0.3) is 0 Å². The maximum atomic E-state index is 12.0. The monoisotopic (exact) mass is 335 g/mol.